The van der Waals surface area contributed by atoms with Crippen LogP contribution in [0.3, 0.4) is 0 Å². The molecule has 0 aliphatic rings. The lowest BCUT2D eigenvalue weighted by molar-refractivity contribution is 0.174. The number of thiol groups is 1. The van der Waals surface area contributed by atoms with Crippen LogP contribution in [0.1, 0.15) is 23.7 Å². The van der Waals surface area contributed by atoms with E-state index in [-0.39, 0.29) is 0 Å². The minimum Gasteiger partial charge on any atom is -0.388 e. The molecule has 1 N–H and O–H groups in total. The van der Waals surface area contributed by atoms with Gasteiger partial charge in [-0.25, -0.2) is 0 Å². The first-order valence-electron chi connectivity index (χ1n) is 4.20. The molecule has 0 aromatic heterocycles. The SMILES string of the molecule is Cc1ccc(Br)cc1C(O)CCS. The number of benzene rings is 1. The zero-order valence-electron chi connectivity index (χ0n) is 7.50. The van der Waals surface area contributed by atoms with Gasteiger partial charge in [0.25, 0.3) is 0 Å². The Kier molecular flexibility index (Phi) is 4.29. The van der Waals surface area contributed by atoms with Crippen molar-refractivity contribution in [2.45, 2.75) is 19.4 Å². The molecule has 1 aromatic carbocycles. The molecule has 0 radical (unpaired) electrons. The van der Waals surface area contributed by atoms with Gasteiger partial charge in [-0.2, -0.15) is 12.6 Å². The van der Waals surface area contributed by atoms with Crippen LogP contribution in [0.4, 0.5) is 0 Å². The van der Waals surface area contributed by atoms with Gasteiger partial charge in [0.15, 0.2) is 0 Å². The van der Waals surface area contributed by atoms with Crippen LogP contribution in [0.15, 0.2) is 22.7 Å². The average Bonchev–Trinajstić information content (AvgIpc) is 2.09. The third-order valence-electron chi connectivity index (χ3n) is 2.00. The second kappa shape index (κ2) is 5.03. The zero-order valence-corrected chi connectivity index (χ0v) is 9.98. The van der Waals surface area contributed by atoms with Crippen LogP contribution in [-0.4, -0.2) is 10.9 Å². The van der Waals surface area contributed by atoms with E-state index >= 15 is 0 Å². The van der Waals surface area contributed by atoms with Crippen molar-refractivity contribution in [1.82, 2.24) is 0 Å². The molecular weight excluding hydrogens is 248 g/mol. The van der Waals surface area contributed by atoms with Crippen LogP contribution in [0, 0.1) is 6.92 Å². The number of rotatable bonds is 3. The summed E-state index contributed by atoms with van der Waals surface area (Å²) in [5.74, 6) is 0.702. The van der Waals surface area contributed by atoms with Crippen LogP contribution in [-0.2, 0) is 0 Å². The van der Waals surface area contributed by atoms with Crippen LogP contribution in [0.5, 0.6) is 0 Å². The lowest BCUT2D eigenvalue weighted by Gasteiger charge is -2.12. The minimum absolute atomic E-state index is 0.394. The molecule has 0 amide bonds. The minimum atomic E-state index is -0.394. The van der Waals surface area contributed by atoms with E-state index in [9.17, 15) is 5.11 Å². The summed E-state index contributed by atoms with van der Waals surface area (Å²) in [6, 6.07) is 5.94. The van der Waals surface area contributed by atoms with Crippen molar-refractivity contribution in [2.75, 3.05) is 5.75 Å². The van der Waals surface area contributed by atoms with Crippen LogP contribution in [0.2, 0.25) is 0 Å². The lowest BCUT2D eigenvalue weighted by atomic mass is 10.0. The highest BCUT2D eigenvalue weighted by atomic mass is 79.9. The fourth-order valence-corrected chi connectivity index (χ4v) is 1.87. The number of hydrogen-bond donors (Lipinski definition) is 2. The van der Waals surface area contributed by atoms with Crippen LogP contribution in [0.25, 0.3) is 0 Å². The maximum Gasteiger partial charge on any atom is 0.0800 e. The quantitative estimate of drug-likeness (QED) is 0.801. The summed E-state index contributed by atoms with van der Waals surface area (Å²) in [4.78, 5) is 0. The van der Waals surface area contributed by atoms with Gasteiger partial charge in [-0.1, -0.05) is 22.0 Å². The van der Waals surface area contributed by atoms with E-state index in [0.29, 0.717) is 12.2 Å². The van der Waals surface area contributed by atoms with Gasteiger partial charge in [-0.05, 0) is 42.4 Å². The highest BCUT2D eigenvalue weighted by Crippen LogP contribution is 2.24. The number of aryl methyl sites for hydroxylation is 1. The molecule has 1 unspecified atom stereocenters. The fourth-order valence-electron chi connectivity index (χ4n) is 1.25. The molecule has 0 bridgehead atoms. The van der Waals surface area contributed by atoms with Crippen molar-refractivity contribution in [1.29, 1.82) is 0 Å². The summed E-state index contributed by atoms with van der Waals surface area (Å²) in [6.07, 6.45) is 0.301. The zero-order chi connectivity index (χ0) is 9.84. The van der Waals surface area contributed by atoms with E-state index in [0.717, 1.165) is 15.6 Å². The Morgan fingerprint density at radius 1 is 1.54 bits per heavy atom. The van der Waals surface area contributed by atoms with E-state index in [4.69, 9.17) is 0 Å². The highest BCUT2D eigenvalue weighted by Gasteiger charge is 2.09. The number of aliphatic hydroxyl groups is 1. The molecule has 0 aliphatic carbocycles. The first kappa shape index (κ1) is 11.1. The summed E-state index contributed by atoms with van der Waals surface area (Å²) >= 11 is 7.48. The molecule has 1 aromatic rings. The molecule has 13 heavy (non-hydrogen) atoms. The first-order chi connectivity index (χ1) is 6.15. The van der Waals surface area contributed by atoms with Gasteiger partial charge in [0.2, 0.25) is 0 Å². The highest BCUT2D eigenvalue weighted by molar-refractivity contribution is 9.10. The molecule has 0 saturated heterocycles. The van der Waals surface area contributed by atoms with Gasteiger partial charge in [0.05, 0.1) is 6.10 Å². The van der Waals surface area contributed by atoms with Crippen molar-refractivity contribution in [2.24, 2.45) is 0 Å². The van der Waals surface area contributed by atoms with Gasteiger partial charge in [0, 0.05) is 4.47 Å². The lowest BCUT2D eigenvalue weighted by Crippen LogP contribution is -2.00. The standard InChI is InChI=1S/C10H13BrOS/c1-7-2-3-8(11)6-9(7)10(12)4-5-13/h2-3,6,10,12-13H,4-5H2,1H3. The molecule has 3 heteroatoms. The van der Waals surface area contributed by atoms with Crippen LogP contribution < -0.4 is 0 Å². The summed E-state index contributed by atoms with van der Waals surface area (Å²) in [7, 11) is 0. The Labute approximate surface area is 92.7 Å². The maximum absolute atomic E-state index is 9.76. The van der Waals surface area contributed by atoms with Gasteiger partial charge in [-0.3, -0.25) is 0 Å². The Balaban J connectivity index is 2.91. The molecule has 0 aliphatic heterocycles. The Morgan fingerprint density at radius 2 is 2.23 bits per heavy atom. The number of aliphatic hydroxyl groups excluding tert-OH is 1. The first-order valence-corrected chi connectivity index (χ1v) is 5.62. The monoisotopic (exact) mass is 260 g/mol. The third-order valence-corrected chi connectivity index (χ3v) is 2.75. The second-order valence-electron chi connectivity index (χ2n) is 3.03. The van der Waals surface area contributed by atoms with E-state index in [1.54, 1.807) is 0 Å². The van der Waals surface area contributed by atoms with Gasteiger partial charge in [-0.15, -0.1) is 0 Å². The Bertz CT molecular complexity index is 288. The molecule has 0 saturated carbocycles. The van der Waals surface area contributed by atoms with Crippen LogP contribution >= 0.6 is 28.6 Å². The maximum atomic E-state index is 9.76. The van der Waals surface area contributed by atoms with Crippen molar-refractivity contribution >= 4 is 28.6 Å². The van der Waals surface area contributed by atoms with E-state index in [2.05, 4.69) is 28.6 Å². The van der Waals surface area contributed by atoms with Crippen molar-refractivity contribution in [3.05, 3.63) is 33.8 Å². The summed E-state index contributed by atoms with van der Waals surface area (Å²) in [5.41, 5.74) is 2.11. The summed E-state index contributed by atoms with van der Waals surface area (Å²) in [5, 5.41) is 9.76. The molecule has 1 rings (SSSR count). The molecular formula is C10H13BrOS. The molecule has 1 atom stereocenters. The Hall–Kier alpha value is 0.01000. The Morgan fingerprint density at radius 3 is 2.85 bits per heavy atom. The molecule has 72 valence electrons. The summed E-state index contributed by atoms with van der Waals surface area (Å²) in [6.45, 7) is 2.00. The molecule has 1 nitrogen and oxygen atoms in total. The molecule has 0 fully saturated rings. The van der Waals surface area contributed by atoms with Crippen molar-refractivity contribution in [3.63, 3.8) is 0 Å². The van der Waals surface area contributed by atoms with Gasteiger partial charge >= 0.3 is 0 Å². The largest absolute Gasteiger partial charge is 0.388 e. The predicted octanol–water partition coefficient (Wildman–Crippen LogP) is 3.11. The average molecular weight is 261 g/mol. The van der Waals surface area contributed by atoms with E-state index < -0.39 is 6.10 Å². The van der Waals surface area contributed by atoms with Gasteiger partial charge in [0.1, 0.15) is 0 Å². The normalized spacial score (nSPS) is 12.9. The third kappa shape index (κ3) is 3.01. The molecule has 0 heterocycles. The van der Waals surface area contributed by atoms with E-state index in [1.807, 2.05) is 25.1 Å². The van der Waals surface area contributed by atoms with Crippen molar-refractivity contribution in [3.8, 4) is 0 Å². The molecule has 0 spiro atoms. The second-order valence-corrected chi connectivity index (χ2v) is 4.39. The fraction of sp³-hybridized carbons (Fsp3) is 0.400. The van der Waals surface area contributed by atoms with Crippen molar-refractivity contribution < 1.29 is 5.11 Å². The summed E-state index contributed by atoms with van der Waals surface area (Å²) < 4.78 is 1.01. The number of halogens is 1. The van der Waals surface area contributed by atoms with E-state index in [1.165, 1.54) is 0 Å². The topological polar surface area (TPSA) is 20.2 Å². The van der Waals surface area contributed by atoms with Gasteiger partial charge < -0.3 is 5.11 Å². The smallest absolute Gasteiger partial charge is 0.0800 e. The number of hydrogen-bond acceptors (Lipinski definition) is 2. The predicted molar refractivity (Wildman–Crippen MR) is 62.3 cm³/mol.